The number of pyridine rings is 1. The summed E-state index contributed by atoms with van der Waals surface area (Å²) in [5, 5.41) is 14.4. The summed E-state index contributed by atoms with van der Waals surface area (Å²) in [7, 11) is 3.77. The van der Waals surface area contributed by atoms with Gasteiger partial charge in [-0.25, -0.2) is 9.78 Å². The zero-order valence-electron chi connectivity index (χ0n) is 11.4. The van der Waals surface area contributed by atoms with Crippen molar-refractivity contribution in [1.29, 1.82) is 0 Å². The van der Waals surface area contributed by atoms with E-state index in [4.69, 9.17) is 0 Å². The fourth-order valence-electron chi connectivity index (χ4n) is 2.63. The van der Waals surface area contributed by atoms with E-state index in [9.17, 15) is 9.90 Å². The van der Waals surface area contributed by atoms with Gasteiger partial charge in [-0.3, -0.25) is 4.68 Å². The Morgan fingerprint density at radius 1 is 1.55 bits per heavy atom. The summed E-state index contributed by atoms with van der Waals surface area (Å²) in [6.45, 7) is 0. The van der Waals surface area contributed by atoms with Gasteiger partial charge in [-0.1, -0.05) is 0 Å². The lowest BCUT2D eigenvalue weighted by Crippen LogP contribution is -2.32. The number of anilines is 1. The van der Waals surface area contributed by atoms with Crippen LogP contribution in [0, 0.1) is 0 Å². The number of aromatic carboxylic acids is 1. The molecule has 0 amide bonds. The Bertz CT molecular complexity index is 664. The van der Waals surface area contributed by atoms with Gasteiger partial charge in [-0.2, -0.15) is 16.9 Å². The van der Waals surface area contributed by atoms with Gasteiger partial charge >= 0.3 is 5.97 Å². The second kappa shape index (κ2) is 4.97. The fraction of sp³-hybridized carbons (Fsp3) is 0.462. The van der Waals surface area contributed by atoms with Crippen LogP contribution in [0.2, 0.25) is 0 Å². The quantitative estimate of drug-likeness (QED) is 0.926. The molecule has 20 heavy (non-hydrogen) atoms. The molecule has 0 saturated carbocycles. The summed E-state index contributed by atoms with van der Waals surface area (Å²) in [6.07, 6.45) is 4.20. The number of thioether (sulfide) groups is 1. The molecule has 106 valence electrons. The highest BCUT2D eigenvalue weighted by Gasteiger charge is 2.26. The number of carbonyl (C=O) groups is 1. The van der Waals surface area contributed by atoms with Gasteiger partial charge < -0.3 is 10.0 Å². The van der Waals surface area contributed by atoms with E-state index in [2.05, 4.69) is 15.0 Å². The van der Waals surface area contributed by atoms with E-state index in [0.29, 0.717) is 11.7 Å². The van der Waals surface area contributed by atoms with Crippen molar-refractivity contribution in [3.63, 3.8) is 0 Å². The molecule has 7 heteroatoms. The number of rotatable bonds is 3. The van der Waals surface area contributed by atoms with E-state index < -0.39 is 5.97 Å². The van der Waals surface area contributed by atoms with Crippen molar-refractivity contribution in [2.75, 3.05) is 23.5 Å². The average Bonchev–Trinajstić information content (AvgIpc) is 3.07. The summed E-state index contributed by atoms with van der Waals surface area (Å²) in [6, 6.07) is 0.365. The Balaban J connectivity index is 2.18. The molecule has 3 heterocycles. The van der Waals surface area contributed by atoms with E-state index in [-0.39, 0.29) is 5.56 Å². The normalized spacial score (nSPS) is 18.6. The highest BCUT2D eigenvalue weighted by molar-refractivity contribution is 7.99. The molecule has 1 aliphatic heterocycles. The molecule has 0 bridgehead atoms. The first-order chi connectivity index (χ1) is 9.59. The molecule has 1 aliphatic rings. The standard InChI is InChI=1S/C13H16N4O2S/c1-16(8-3-4-20-7-8)11-9-6-15-17(2)12(9)14-5-10(11)13(18)19/h5-6,8H,3-4,7H2,1-2H3,(H,18,19). The predicted octanol–water partition coefficient (Wildman–Crippen LogP) is 1.61. The topological polar surface area (TPSA) is 71.2 Å². The summed E-state index contributed by atoms with van der Waals surface area (Å²) in [4.78, 5) is 17.8. The van der Waals surface area contributed by atoms with Crippen molar-refractivity contribution < 1.29 is 9.90 Å². The smallest absolute Gasteiger partial charge is 0.339 e. The number of nitrogens with zero attached hydrogens (tertiary/aromatic N) is 4. The number of aryl methyl sites for hydroxylation is 1. The maximum absolute atomic E-state index is 11.5. The lowest BCUT2D eigenvalue weighted by atomic mass is 10.1. The molecule has 2 aromatic heterocycles. The number of fused-ring (bicyclic) bond motifs is 1. The second-order valence-corrected chi connectivity index (χ2v) is 6.11. The van der Waals surface area contributed by atoms with Crippen LogP contribution in [0.25, 0.3) is 11.0 Å². The molecule has 6 nitrogen and oxygen atoms in total. The van der Waals surface area contributed by atoms with E-state index in [1.54, 1.807) is 10.9 Å². The zero-order valence-corrected chi connectivity index (χ0v) is 12.2. The summed E-state index contributed by atoms with van der Waals surface area (Å²) in [5.41, 5.74) is 1.68. The van der Waals surface area contributed by atoms with Crippen molar-refractivity contribution >= 4 is 34.5 Å². The Hall–Kier alpha value is -1.76. The largest absolute Gasteiger partial charge is 0.478 e. The van der Waals surface area contributed by atoms with E-state index in [1.165, 1.54) is 6.20 Å². The van der Waals surface area contributed by atoms with Crippen molar-refractivity contribution in [2.45, 2.75) is 12.5 Å². The van der Waals surface area contributed by atoms with E-state index in [1.807, 2.05) is 25.9 Å². The highest BCUT2D eigenvalue weighted by Crippen LogP contribution is 2.33. The van der Waals surface area contributed by atoms with Gasteiger partial charge in [0.15, 0.2) is 5.65 Å². The summed E-state index contributed by atoms with van der Waals surface area (Å²) >= 11 is 1.90. The van der Waals surface area contributed by atoms with Crippen LogP contribution in [0.3, 0.4) is 0 Å². The van der Waals surface area contributed by atoms with Crippen LogP contribution < -0.4 is 4.90 Å². The lowest BCUT2D eigenvalue weighted by Gasteiger charge is -2.27. The number of aromatic nitrogens is 3. The molecule has 1 atom stereocenters. The molecule has 0 aliphatic carbocycles. The van der Waals surface area contributed by atoms with Crippen LogP contribution in [0.15, 0.2) is 12.4 Å². The van der Waals surface area contributed by atoms with Gasteiger partial charge in [0.1, 0.15) is 5.56 Å². The van der Waals surface area contributed by atoms with Crippen LogP contribution in [-0.4, -0.2) is 50.4 Å². The fourth-order valence-corrected chi connectivity index (χ4v) is 3.90. The molecule has 1 unspecified atom stereocenters. The molecular weight excluding hydrogens is 276 g/mol. The van der Waals surface area contributed by atoms with Crippen LogP contribution in [0.5, 0.6) is 0 Å². The molecule has 0 aromatic carbocycles. The third-order valence-corrected chi connectivity index (χ3v) is 4.91. The van der Waals surface area contributed by atoms with Crippen LogP contribution >= 0.6 is 11.8 Å². The Labute approximate surface area is 120 Å². The maximum atomic E-state index is 11.5. The van der Waals surface area contributed by atoms with Gasteiger partial charge in [0.25, 0.3) is 0 Å². The molecule has 1 N–H and O–H groups in total. The van der Waals surface area contributed by atoms with Gasteiger partial charge in [-0.05, 0) is 12.2 Å². The number of hydrogen-bond donors (Lipinski definition) is 1. The van der Waals surface area contributed by atoms with Gasteiger partial charge in [-0.15, -0.1) is 0 Å². The summed E-state index contributed by atoms with van der Waals surface area (Å²) in [5.74, 6) is 1.20. The van der Waals surface area contributed by atoms with Gasteiger partial charge in [0.05, 0.1) is 17.3 Å². The molecule has 1 saturated heterocycles. The lowest BCUT2D eigenvalue weighted by molar-refractivity contribution is 0.0697. The molecule has 3 rings (SSSR count). The minimum Gasteiger partial charge on any atom is -0.478 e. The first kappa shape index (κ1) is 13.2. The number of carboxylic acid groups (broad SMARTS) is 1. The van der Waals surface area contributed by atoms with Crippen molar-refractivity contribution in [1.82, 2.24) is 14.8 Å². The van der Waals surface area contributed by atoms with Crippen molar-refractivity contribution in [3.05, 3.63) is 18.0 Å². The first-order valence-corrected chi connectivity index (χ1v) is 7.59. The number of hydrogen-bond acceptors (Lipinski definition) is 5. The highest BCUT2D eigenvalue weighted by atomic mass is 32.2. The van der Waals surface area contributed by atoms with Gasteiger partial charge in [0, 0.05) is 32.1 Å². The maximum Gasteiger partial charge on any atom is 0.339 e. The first-order valence-electron chi connectivity index (χ1n) is 6.44. The monoisotopic (exact) mass is 292 g/mol. The second-order valence-electron chi connectivity index (χ2n) is 4.96. The zero-order chi connectivity index (χ0) is 14.3. The third-order valence-electron chi connectivity index (χ3n) is 3.77. The molecule has 0 spiro atoms. The molecule has 2 aromatic rings. The van der Waals surface area contributed by atoms with Crippen LogP contribution in [0.4, 0.5) is 5.69 Å². The van der Waals surface area contributed by atoms with Crippen LogP contribution in [-0.2, 0) is 7.05 Å². The Morgan fingerprint density at radius 2 is 2.35 bits per heavy atom. The third kappa shape index (κ3) is 2.02. The minimum absolute atomic E-state index is 0.241. The SMILES string of the molecule is CN(c1c(C(=O)O)cnc2c1cnn2C)C1CCSC1. The van der Waals surface area contributed by atoms with Crippen molar-refractivity contribution in [2.24, 2.45) is 7.05 Å². The van der Waals surface area contributed by atoms with E-state index >= 15 is 0 Å². The molecule has 0 radical (unpaired) electrons. The van der Waals surface area contributed by atoms with E-state index in [0.717, 1.165) is 29.0 Å². The van der Waals surface area contributed by atoms with Crippen LogP contribution in [0.1, 0.15) is 16.8 Å². The predicted molar refractivity (Wildman–Crippen MR) is 79.6 cm³/mol. The minimum atomic E-state index is -0.948. The Kier molecular flexibility index (Phi) is 3.29. The molecule has 1 fully saturated rings. The van der Waals surface area contributed by atoms with Gasteiger partial charge in [0.2, 0.25) is 0 Å². The average molecular weight is 292 g/mol. The molecular formula is C13H16N4O2S. The van der Waals surface area contributed by atoms with Crippen molar-refractivity contribution in [3.8, 4) is 0 Å². The Morgan fingerprint density at radius 3 is 3.00 bits per heavy atom. The number of carboxylic acids is 1. The summed E-state index contributed by atoms with van der Waals surface area (Å²) < 4.78 is 1.67.